The van der Waals surface area contributed by atoms with E-state index >= 15 is 0 Å². The number of piperidine rings is 1. The molecular weight excluding hydrogens is 716 g/mol. The summed E-state index contributed by atoms with van der Waals surface area (Å²) in [6.07, 6.45) is 0.147. The molecule has 20 heteroatoms. The van der Waals surface area contributed by atoms with E-state index in [1.165, 1.54) is 12.1 Å². The Bertz CT molecular complexity index is 1790. The molecule has 19 nitrogen and oxygen atoms in total. The Morgan fingerprint density at radius 2 is 1.47 bits per heavy atom. The Morgan fingerprint density at radius 3 is 2.13 bits per heavy atom. The summed E-state index contributed by atoms with van der Waals surface area (Å²) in [5, 5.41) is 24.8. The molecule has 4 amide bonds. The first-order chi connectivity index (χ1) is 25.4. The molecule has 5 rings (SSSR count). The van der Waals surface area contributed by atoms with Crippen LogP contribution in [0.5, 0.6) is 0 Å². The number of nitro groups is 1. The largest absolute Gasteiger partial charge is 0.382 e. The predicted octanol–water partition coefficient (Wildman–Crippen LogP) is -0.165. The van der Waals surface area contributed by atoms with Crippen LogP contribution in [-0.2, 0) is 33.8 Å². The number of hydrogen-bond donors (Lipinski definition) is 4. The third-order valence-corrected chi connectivity index (χ3v) is 9.94. The number of benzene rings is 2. The smallest absolute Gasteiger partial charge is 0.293 e. The average molecular weight is 761 g/mol. The van der Waals surface area contributed by atoms with E-state index in [2.05, 4.69) is 25.8 Å². The van der Waals surface area contributed by atoms with Gasteiger partial charge in [0, 0.05) is 70.5 Å². The second-order valence-electron chi connectivity index (χ2n) is 12.5. The molecule has 2 saturated heterocycles. The fourth-order valence-electron chi connectivity index (χ4n) is 6.23. The number of fused-ring (bicyclic) bond motifs is 1. The molecule has 0 bridgehead atoms. The predicted molar refractivity (Wildman–Crippen MR) is 190 cm³/mol. The molecule has 2 fully saturated rings. The molecule has 0 spiro atoms. The highest BCUT2D eigenvalue weighted by Crippen LogP contribution is 2.32. The molecule has 0 saturated carbocycles. The molecule has 1 atom stereocenters. The van der Waals surface area contributed by atoms with E-state index < -0.39 is 44.6 Å². The van der Waals surface area contributed by atoms with E-state index in [9.17, 15) is 37.7 Å². The molecule has 0 radical (unpaired) electrons. The van der Waals surface area contributed by atoms with E-state index in [0.717, 1.165) is 43.7 Å². The number of sulfonamides is 1. The number of amides is 4. The lowest BCUT2D eigenvalue weighted by Crippen LogP contribution is -2.54. The maximum atomic E-state index is 13.2. The van der Waals surface area contributed by atoms with Crippen molar-refractivity contribution in [1.82, 2.24) is 20.0 Å². The van der Waals surface area contributed by atoms with Crippen molar-refractivity contribution in [2.45, 2.75) is 23.8 Å². The zero-order valence-corrected chi connectivity index (χ0v) is 29.9. The molecule has 288 valence electrons. The van der Waals surface area contributed by atoms with Crippen LogP contribution in [0.25, 0.3) is 0 Å². The number of nitrogens with one attached hydrogen (secondary N) is 3. The van der Waals surface area contributed by atoms with Gasteiger partial charge in [0.2, 0.25) is 21.8 Å². The molecule has 3 heterocycles. The summed E-state index contributed by atoms with van der Waals surface area (Å²) in [6.45, 7) is 8.15. The first-order valence-electron chi connectivity index (χ1n) is 17.3. The molecule has 3 aliphatic rings. The topological polar surface area (TPSA) is 245 Å². The summed E-state index contributed by atoms with van der Waals surface area (Å²) in [6, 6.07) is 7.41. The van der Waals surface area contributed by atoms with Crippen LogP contribution in [0, 0.1) is 10.1 Å². The molecule has 5 N–H and O–H groups in total. The fourth-order valence-corrected chi connectivity index (χ4v) is 6.76. The van der Waals surface area contributed by atoms with E-state index in [1.807, 2.05) is 0 Å². The molecule has 53 heavy (non-hydrogen) atoms. The lowest BCUT2D eigenvalue weighted by molar-refractivity contribution is -0.384. The highest BCUT2D eigenvalue weighted by molar-refractivity contribution is 7.89. The van der Waals surface area contributed by atoms with Gasteiger partial charge < -0.3 is 24.8 Å². The summed E-state index contributed by atoms with van der Waals surface area (Å²) in [5.74, 6) is -2.21. The number of ether oxygens (including phenoxy) is 3. The van der Waals surface area contributed by atoms with Crippen molar-refractivity contribution >= 4 is 50.7 Å². The number of nitrogens with two attached hydrogens (primary N) is 1. The van der Waals surface area contributed by atoms with Gasteiger partial charge >= 0.3 is 0 Å². The van der Waals surface area contributed by atoms with Crippen LogP contribution in [0.2, 0.25) is 0 Å². The number of nitrogens with zero attached hydrogens (tertiary/aromatic N) is 4. The third-order valence-electron chi connectivity index (χ3n) is 9.03. The maximum absolute atomic E-state index is 13.2. The number of piperazine rings is 1. The minimum absolute atomic E-state index is 0.0548. The normalized spacial score (nSPS) is 18.3. The Balaban J connectivity index is 0.873. The van der Waals surface area contributed by atoms with E-state index in [4.69, 9.17) is 19.3 Å². The Kier molecular flexibility index (Phi) is 13.8. The maximum Gasteiger partial charge on any atom is 0.293 e. The Hall–Kier alpha value is -4.57. The van der Waals surface area contributed by atoms with E-state index in [0.29, 0.717) is 65.0 Å². The fraction of sp³-hybridized carbons (Fsp3) is 0.515. The van der Waals surface area contributed by atoms with Crippen LogP contribution in [-0.4, -0.2) is 150 Å². The highest BCUT2D eigenvalue weighted by Gasteiger charge is 2.45. The molecule has 2 aromatic carbocycles. The zero-order chi connectivity index (χ0) is 38.0. The van der Waals surface area contributed by atoms with Crippen molar-refractivity contribution in [1.29, 1.82) is 0 Å². The standard InChI is InChI=1S/C33H44N8O11S/c34-53(48,49)23-4-5-25(28(22-23)41(46)47)35-8-10-38-11-13-39(14-12-38)15-17-51-19-21-52-20-18-50-16-9-36-26-3-1-2-24-30(26)33(45)40(32(24)44)27-6-7-29(42)37-31(27)43/h1-5,22,27,35-36H,6-21H2,(H2,34,48,49)(H,37,42,43). The van der Waals surface area contributed by atoms with Crippen molar-refractivity contribution in [2.75, 3.05) is 103 Å². The zero-order valence-electron chi connectivity index (χ0n) is 29.1. The number of anilines is 2. The monoisotopic (exact) mass is 760 g/mol. The van der Waals surface area contributed by atoms with Crippen molar-refractivity contribution in [3.63, 3.8) is 0 Å². The highest BCUT2D eigenvalue weighted by atomic mass is 32.2. The van der Waals surface area contributed by atoms with Crippen LogP contribution < -0.4 is 21.1 Å². The molecule has 0 aromatic heterocycles. The lowest BCUT2D eigenvalue weighted by Gasteiger charge is -2.34. The number of rotatable bonds is 20. The number of primary sulfonamides is 1. The first kappa shape index (κ1) is 39.6. The minimum Gasteiger partial charge on any atom is -0.382 e. The van der Waals surface area contributed by atoms with Gasteiger partial charge in [-0.3, -0.25) is 49.3 Å². The van der Waals surface area contributed by atoms with Gasteiger partial charge in [0.15, 0.2) is 0 Å². The van der Waals surface area contributed by atoms with E-state index in [1.54, 1.807) is 18.2 Å². The van der Waals surface area contributed by atoms with Crippen LogP contribution in [0.15, 0.2) is 41.3 Å². The van der Waals surface area contributed by atoms with Gasteiger partial charge in [0.05, 0.1) is 60.6 Å². The SMILES string of the molecule is NS(=O)(=O)c1ccc(NCCN2CCN(CCOCCOCCOCCNc3cccc4c3C(=O)N(C3CCC(=O)NC3=O)C4=O)CC2)c([N+](=O)[O-])c1. The lowest BCUT2D eigenvalue weighted by atomic mass is 10.0. The molecule has 3 aliphatic heterocycles. The summed E-state index contributed by atoms with van der Waals surface area (Å²) in [4.78, 5) is 65.9. The summed E-state index contributed by atoms with van der Waals surface area (Å²) in [5.41, 5.74) is 0.758. The number of nitro benzene ring substituents is 1. The van der Waals surface area contributed by atoms with Gasteiger partial charge in [-0.2, -0.15) is 0 Å². The average Bonchev–Trinajstić information content (AvgIpc) is 3.38. The van der Waals surface area contributed by atoms with Crippen LogP contribution >= 0.6 is 0 Å². The second kappa shape index (κ2) is 18.5. The van der Waals surface area contributed by atoms with Gasteiger partial charge in [-0.15, -0.1) is 0 Å². The number of hydrogen-bond acceptors (Lipinski definition) is 15. The van der Waals surface area contributed by atoms with Gasteiger partial charge in [0.25, 0.3) is 17.5 Å². The molecule has 2 aromatic rings. The van der Waals surface area contributed by atoms with Gasteiger partial charge in [-0.25, -0.2) is 13.6 Å². The quantitative estimate of drug-likeness (QED) is 0.0593. The van der Waals surface area contributed by atoms with Crippen LogP contribution in [0.3, 0.4) is 0 Å². The summed E-state index contributed by atoms with van der Waals surface area (Å²) < 4.78 is 40.0. The molecule has 1 unspecified atom stereocenters. The van der Waals surface area contributed by atoms with Crippen LogP contribution in [0.1, 0.15) is 33.6 Å². The van der Waals surface area contributed by atoms with Gasteiger partial charge in [-0.1, -0.05) is 6.07 Å². The molecular formula is C33H44N8O11S. The van der Waals surface area contributed by atoms with Gasteiger partial charge in [-0.05, 0) is 30.7 Å². The van der Waals surface area contributed by atoms with Crippen molar-refractivity contribution in [3.8, 4) is 0 Å². The minimum atomic E-state index is -4.04. The third kappa shape index (κ3) is 10.5. The Labute approximate surface area is 306 Å². The summed E-state index contributed by atoms with van der Waals surface area (Å²) in [7, 11) is -4.04. The number of carbonyl (C=O) groups excluding carboxylic acids is 4. The van der Waals surface area contributed by atoms with E-state index in [-0.39, 0.29) is 40.2 Å². The number of carbonyl (C=O) groups is 4. The van der Waals surface area contributed by atoms with Crippen molar-refractivity contribution in [2.24, 2.45) is 5.14 Å². The first-order valence-corrected chi connectivity index (χ1v) is 18.8. The summed E-state index contributed by atoms with van der Waals surface area (Å²) >= 11 is 0. The Morgan fingerprint density at radius 1 is 0.830 bits per heavy atom. The van der Waals surface area contributed by atoms with Crippen molar-refractivity contribution in [3.05, 3.63) is 57.6 Å². The second-order valence-corrected chi connectivity index (χ2v) is 14.1. The van der Waals surface area contributed by atoms with Crippen molar-refractivity contribution < 1.29 is 46.7 Å². The number of imide groups is 2. The van der Waals surface area contributed by atoms with Gasteiger partial charge in [0.1, 0.15) is 11.7 Å². The van der Waals surface area contributed by atoms with Crippen LogP contribution in [0.4, 0.5) is 17.1 Å². The molecule has 0 aliphatic carbocycles.